The van der Waals surface area contributed by atoms with Gasteiger partial charge >= 0.3 is 5.97 Å². The van der Waals surface area contributed by atoms with Gasteiger partial charge in [-0.15, -0.1) is 0 Å². The first-order chi connectivity index (χ1) is 9.34. The van der Waals surface area contributed by atoms with Crippen molar-refractivity contribution in [3.8, 4) is 0 Å². The third-order valence-electron chi connectivity index (χ3n) is 5.06. The highest BCUT2D eigenvalue weighted by molar-refractivity contribution is 5.98. The summed E-state index contributed by atoms with van der Waals surface area (Å²) in [6, 6.07) is 0. The van der Waals surface area contributed by atoms with Crippen LogP contribution >= 0.6 is 0 Å². The molecule has 0 radical (unpaired) electrons. The first-order valence-corrected chi connectivity index (χ1v) is 7.79. The zero-order valence-corrected chi connectivity index (χ0v) is 13.1. The lowest BCUT2D eigenvalue weighted by Crippen LogP contribution is -2.53. The van der Waals surface area contributed by atoms with E-state index in [2.05, 4.69) is 26.1 Å². The first-order valence-electron chi connectivity index (χ1n) is 7.79. The van der Waals surface area contributed by atoms with Gasteiger partial charge in [-0.1, -0.05) is 20.8 Å². The Morgan fingerprint density at radius 1 is 1.35 bits per heavy atom. The maximum absolute atomic E-state index is 12.1. The molecule has 0 spiro atoms. The molecular weight excluding hydrogens is 254 g/mol. The van der Waals surface area contributed by atoms with Crippen molar-refractivity contribution in [3.05, 3.63) is 0 Å². The molecule has 1 aliphatic carbocycles. The highest BCUT2D eigenvalue weighted by atomic mass is 16.5. The number of ether oxygens (including phenoxy) is 1. The van der Waals surface area contributed by atoms with Crippen molar-refractivity contribution in [1.29, 1.82) is 0 Å². The van der Waals surface area contributed by atoms with Gasteiger partial charge in [0.25, 0.3) is 0 Å². The summed E-state index contributed by atoms with van der Waals surface area (Å²) in [6.45, 7) is 9.59. The van der Waals surface area contributed by atoms with Crippen LogP contribution in [0.3, 0.4) is 0 Å². The average molecular weight is 281 g/mol. The fourth-order valence-corrected chi connectivity index (χ4v) is 3.77. The van der Waals surface area contributed by atoms with E-state index >= 15 is 0 Å². The minimum Gasteiger partial charge on any atom is -0.465 e. The number of esters is 1. The second kappa shape index (κ2) is 5.74. The molecule has 0 aromatic carbocycles. The Bertz CT molecular complexity index is 386. The van der Waals surface area contributed by atoms with Crippen molar-refractivity contribution in [2.45, 2.75) is 47.0 Å². The summed E-state index contributed by atoms with van der Waals surface area (Å²) >= 11 is 0. The molecule has 1 N–H and O–H groups in total. The van der Waals surface area contributed by atoms with Crippen LogP contribution in [0.5, 0.6) is 0 Å². The van der Waals surface area contributed by atoms with E-state index in [-0.39, 0.29) is 23.2 Å². The van der Waals surface area contributed by atoms with Crippen molar-refractivity contribution in [1.82, 2.24) is 5.32 Å². The maximum atomic E-state index is 12.1. The molecule has 4 atom stereocenters. The van der Waals surface area contributed by atoms with Crippen molar-refractivity contribution < 1.29 is 14.3 Å². The molecule has 2 rings (SSSR count). The monoisotopic (exact) mass is 281 g/mol. The molecule has 1 amide bonds. The van der Waals surface area contributed by atoms with Crippen LogP contribution in [0.15, 0.2) is 0 Å². The second-order valence-corrected chi connectivity index (χ2v) is 7.27. The van der Waals surface area contributed by atoms with Gasteiger partial charge in [0.05, 0.1) is 6.61 Å². The zero-order chi connectivity index (χ0) is 14.9. The number of fused-ring (bicyclic) bond motifs is 1. The third kappa shape index (κ3) is 2.99. The molecule has 1 saturated heterocycles. The molecule has 114 valence electrons. The highest BCUT2D eigenvalue weighted by Crippen LogP contribution is 2.46. The summed E-state index contributed by atoms with van der Waals surface area (Å²) < 4.78 is 5.12. The molecular formula is C16H27NO3. The quantitative estimate of drug-likeness (QED) is 0.624. The Labute approximate surface area is 121 Å². The van der Waals surface area contributed by atoms with Gasteiger partial charge in [0.2, 0.25) is 5.91 Å². The Morgan fingerprint density at radius 2 is 2.05 bits per heavy atom. The van der Waals surface area contributed by atoms with Crippen LogP contribution in [0.2, 0.25) is 0 Å². The Balaban J connectivity index is 2.17. The van der Waals surface area contributed by atoms with Crippen LogP contribution in [-0.2, 0) is 14.3 Å². The minimum absolute atomic E-state index is 0.140. The number of hydrogen-bond acceptors (Lipinski definition) is 3. The largest absolute Gasteiger partial charge is 0.465 e. The van der Waals surface area contributed by atoms with Gasteiger partial charge in [0, 0.05) is 6.54 Å². The predicted molar refractivity (Wildman–Crippen MR) is 76.9 cm³/mol. The number of rotatable bonds is 2. The molecule has 2 fully saturated rings. The van der Waals surface area contributed by atoms with E-state index in [1.807, 2.05) is 0 Å². The van der Waals surface area contributed by atoms with Gasteiger partial charge in [0.15, 0.2) is 0 Å². The third-order valence-corrected chi connectivity index (χ3v) is 5.06. The molecule has 4 heteroatoms. The van der Waals surface area contributed by atoms with E-state index in [0.717, 1.165) is 19.4 Å². The van der Waals surface area contributed by atoms with Crippen LogP contribution in [0.1, 0.15) is 47.0 Å². The van der Waals surface area contributed by atoms with Crippen LogP contribution in [0, 0.1) is 29.1 Å². The van der Waals surface area contributed by atoms with Gasteiger partial charge < -0.3 is 10.1 Å². The molecule has 0 aromatic rings. The summed E-state index contributed by atoms with van der Waals surface area (Å²) in [4.78, 5) is 24.2. The lowest BCUT2D eigenvalue weighted by molar-refractivity contribution is -0.159. The van der Waals surface area contributed by atoms with Crippen LogP contribution in [0.4, 0.5) is 0 Å². The number of amides is 1. The number of carbonyl (C=O) groups excluding carboxylic acids is 2. The van der Waals surface area contributed by atoms with Gasteiger partial charge in [-0.3, -0.25) is 9.59 Å². The molecule has 0 aromatic heterocycles. The second-order valence-electron chi connectivity index (χ2n) is 7.27. The van der Waals surface area contributed by atoms with E-state index in [4.69, 9.17) is 4.74 Å². The average Bonchev–Trinajstić information content (AvgIpc) is 2.37. The molecule has 2 aliphatic rings. The Hall–Kier alpha value is -1.06. The SMILES string of the molecule is CCOC(=O)[C@H]1C(=O)NCC2CC[C@H](C(C)(C)C)CC21. The molecule has 4 nitrogen and oxygen atoms in total. The van der Waals surface area contributed by atoms with E-state index in [0.29, 0.717) is 18.4 Å². The van der Waals surface area contributed by atoms with Gasteiger partial charge in [-0.25, -0.2) is 0 Å². The van der Waals surface area contributed by atoms with Crippen LogP contribution in [-0.4, -0.2) is 25.0 Å². The topological polar surface area (TPSA) is 55.4 Å². The molecule has 0 bridgehead atoms. The van der Waals surface area contributed by atoms with Gasteiger partial charge in [-0.05, 0) is 49.4 Å². The summed E-state index contributed by atoms with van der Waals surface area (Å²) in [5.41, 5.74) is 0.234. The summed E-state index contributed by atoms with van der Waals surface area (Å²) in [5, 5.41) is 2.88. The molecule has 1 saturated carbocycles. The number of piperidine rings is 1. The Morgan fingerprint density at radius 3 is 2.65 bits per heavy atom. The summed E-state index contributed by atoms with van der Waals surface area (Å²) in [7, 11) is 0. The van der Waals surface area contributed by atoms with Gasteiger partial charge in [-0.2, -0.15) is 0 Å². The summed E-state index contributed by atoms with van der Waals surface area (Å²) in [6.07, 6.45) is 3.25. The van der Waals surface area contributed by atoms with Crippen LogP contribution < -0.4 is 5.32 Å². The molecule has 20 heavy (non-hydrogen) atoms. The fourth-order valence-electron chi connectivity index (χ4n) is 3.77. The van der Waals surface area contributed by atoms with Crippen molar-refractivity contribution in [2.24, 2.45) is 29.1 Å². The van der Waals surface area contributed by atoms with E-state index in [1.165, 1.54) is 6.42 Å². The van der Waals surface area contributed by atoms with Gasteiger partial charge in [0.1, 0.15) is 5.92 Å². The van der Waals surface area contributed by atoms with E-state index in [9.17, 15) is 9.59 Å². The van der Waals surface area contributed by atoms with Crippen LogP contribution in [0.25, 0.3) is 0 Å². The number of hydrogen-bond donors (Lipinski definition) is 1. The minimum atomic E-state index is -0.598. The highest BCUT2D eigenvalue weighted by Gasteiger charge is 2.48. The molecule has 2 unspecified atom stereocenters. The van der Waals surface area contributed by atoms with E-state index < -0.39 is 5.92 Å². The van der Waals surface area contributed by atoms with Crippen molar-refractivity contribution in [3.63, 3.8) is 0 Å². The normalized spacial score (nSPS) is 34.1. The standard InChI is InChI=1S/C16H27NO3/c1-5-20-15(19)13-12-8-11(16(2,3)4)7-6-10(12)9-17-14(13)18/h10-13H,5-9H2,1-4H3,(H,17,18)/t10?,11-,12?,13+/m0/s1. The fraction of sp³-hybridized carbons (Fsp3) is 0.875. The Kier molecular flexibility index (Phi) is 4.40. The smallest absolute Gasteiger partial charge is 0.318 e. The first kappa shape index (κ1) is 15.3. The van der Waals surface area contributed by atoms with Crippen molar-refractivity contribution in [2.75, 3.05) is 13.2 Å². The van der Waals surface area contributed by atoms with E-state index in [1.54, 1.807) is 6.92 Å². The summed E-state index contributed by atoms with van der Waals surface area (Å²) in [5.74, 6) is 0.0837. The van der Waals surface area contributed by atoms with Crippen molar-refractivity contribution >= 4 is 11.9 Å². The predicted octanol–water partition coefficient (Wildman–Crippen LogP) is 2.37. The lowest BCUT2D eigenvalue weighted by atomic mass is 9.61. The maximum Gasteiger partial charge on any atom is 0.318 e. The number of carbonyl (C=O) groups is 2. The molecule has 1 aliphatic heterocycles. The number of nitrogens with one attached hydrogen (secondary N) is 1. The molecule has 1 heterocycles. The zero-order valence-electron chi connectivity index (χ0n) is 13.1. The lowest BCUT2D eigenvalue weighted by Gasteiger charge is -2.46.